The number of fused-ring (bicyclic) bond motifs is 1. The second kappa shape index (κ2) is 11.3. The molecule has 1 fully saturated rings. The maximum Gasteiger partial charge on any atom is 0.416 e. The van der Waals surface area contributed by atoms with Crippen LogP contribution < -0.4 is 11.2 Å². The van der Waals surface area contributed by atoms with E-state index in [2.05, 4.69) is 11.9 Å². The topological polar surface area (TPSA) is 92.2 Å². The number of benzene rings is 2. The molecule has 212 valence electrons. The molecule has 4 rings (SSSR count). The molecule has 3 aromatic rings. The summed E-state index contributed by atoms with van der Waals surface area (Å²) in [7, 11) is -3.75. The second-order valence-corrected chi connectivity index (χ2v) is 12.9. The maximum atomic E-state index is 14.2. The van der Waals surface area contributed by atoms with E-state index in [1.54, 1.807) is 0 Å². The lowest BCUT2D eigenvalue weighted by molar-refractivity contribution is -0.138. The van der Waals surface area contributed by atoms with Gasteiger partial charge in [0.2, 0.25) is 0 Å². The lowest BCUT2D eigenvalue weighted by Gasteiger charge is -2.22. The van der Waals surface area contributed by atoms with Gasteiger partial charge >= 0.3 is 11.9 Å². The first-order chi connectivity index (χ1) is 18.3. The molecule has 1 N–H and O–H groups in total. The van der Waals surface area contributed by atoms with Crippen molar-refractivity contribution in [2.75, 3.05) is 18.8 Å². The zero-order valence-electron chi connectivity index (χ0n) is 21.4. The lowest BCUT2D eigenvalue weighted by Crippen LogP contribution is -2.36. The van der Waals surface area contributed by atoms with Crippen LogP contribution in [0.15, 0.2) is 38.8 Å². The Bertz CT molecular complexity index is 1630. The SMILES string of the molecule is CCC[C@H]1CCN(Cc2c(C(F)(F)F)cc3c(=O)n(Cc4cc(Cl)ccc4S(=O)(=O)CC)c(=O)[nH]c3c2Cl)C1. The largest absolute Gasteiger partial charge is 0.416 e. The Hall–Kier alpha value is -2.34. The van der Waals surface area contributed by atoms with Gasteiger partial charge in [-0.1, -0.05) is 43.5 Å². The first kappa shape index (κ1) is 29.6. The fourth-order valence-corrected chi connectivity index (χ4v) is 6.78. The Morgan fingerprint density at radius 1 is 1.10 bits per heavy atom. The summed E-state index contributed by atoms with van der Waals surface area (Å²) in [5.74, 6) is 0.150. The van der Waals surface area contributed by atoms with Crippen molar-refractivity contribution in [2.45, 2.75) is 57.3 Å². The smallest absolute Gasteiger partial charge is 0.305 e. The molecule has 1 saturated heterocycles. The summed E-state index contributed by atoms with van der Waals surface area (Å²) in [4.78, 5) is 30.6. The monoisotopic (exact) mass is 605 g/mol. The van der Waals surface area contributed by atoms with Crippen LogP contribution in [-0.2, 0) is 29.1 Å². The first-order valence-corrected chi connectivity index (χ1v) is 15.0. The lowest BCUT2D eigenvalue weighted by atomic mass is 10.0. The van der Waals surface area contributed by atoms with Crippen molar-refractivity contribution in [1.82, 2.24) is 14.5 Å². The molecule has 0 unspecified atom stereocenters. The molecule has 7 nitrogen and oxygen atoms in total. The van der Waals surface area contributed by atoms with Crippen LogP contribution in [0.2, 0.25) is 10.0 Å². The van der Waals surface area contributed by atoms with E-state index in [9.17, 15) is 31.2 Å². The molecule has 13 heteroatoms. The van der Waals surface area contributed by atoms with Crippen molar-refractivity contribution in [3.8, 4) is 0 Å². The number of rotatable bonds is 8. The maximum absolute atomic E-state index is 14.2. The summed E-state index contributed by atoms with van der Waals surface area (Å²) in [5.41, 5.74) is -3.35. The molecule has 1 aromatic heterocycles. The number of nitrogens with zero attached hydrogens (tertiary/aromatic N) is 2. The van der Waals surface area contributed by atoms with E-state index in [1.807, 2.05) is 4.90 Å². The summed E-state index contributed by atoms with van der Waals surface area (Å²) in [5, 5.41) is -0.597. The highest BCUT2D eigenvalue weighted by atomic mass is 35.5. The molecular weight excluding hydrogens is 578 g/mol. The van der Waals surface area contributed by atoms with E-state index in [4.69, 9.17) is 23.2 Å². The van der Waals surface area contributed by atoms with Gasteiger partial charge in [0, 0.05) is 18.1 Å². The normalized spacial score (nSPS) is 16.8. The van der Waals surface area contributed by atoms with Crippen LogP contribution >= 0.6 is 23.2 Å². The van der Waals surface area contributed by atoms with E-state index < -0.39 is 44.8 Å². The van der Waals surface area contributed by atoms with Gasteiger partial charge in [-0.15, -0.1) is 0 Å². The number of aromatic nitrogens is 2. The van der Waals surface area contributed by atoms with Crippen LogP contribution in [-0.4, -0.2) is 41.7 Å². The fraction of sp³-hybridized carbons (Fsp3) is 0.462. The van der Waals surface area contributed by atoms with E-state index in [0.717, 1.165) is 19.3 Å². The zero-order valence-corrected chi connectivity index (χ0v) is 23.7. The number of hydrogen-bond acceptors (Lipinski definition) is 5. The number of likely N-dealkylation sites (tertiary alicyclic amines) is 1. The number of alkyl halides is 3. The van der Waals surface area contributed by atoms with Crippen LogP contribution in [0.4, 0.5) is 13.2 Å². The quantitative estimate of drug-likeness (QED) is 0.367. The van der Waals surface area contributed by atoms with Crippen LogP contribution in [0, 0.1) is 5.92 Å². The molecule has 2 aromatic carbocycles. The molecule has 1 aliphatic heterocycles. The summed E-state index contributed by atoms with van der Waals surface area (Å²) < 4.78 is 68.4. The molecule has 2 heterocycles. The number of hydrogen-bond donors (Lipinski definition) is 1. The van der Waals surface area contributed by atoms with Gasteiger partial charge in [-0.3, -0.25) is 14.3 Å². The van der Waals surface area contributed by atoms with Crippen molar-refractivity contribution in [2.24, 2.45) is 5.92 Å². The highest BCUT2D eigenvalue weighted by molar-refractivity contribution is 7.91. The average molecular weight is 606 g/mol. The Kier molecular flexibility index (Phi) is 8.56. The van der Waals surface area contributed by atoms with Gasteiger partial charge in [-0.2, -0.15) is 13.2 Å². The first-order valence-electron chi connectivity index (χ1n) is 12.6. The molecule has 1 aliphatic rings. The van der Waals surface area contributed by atoms with Crippen LogP contribution in [0.1, 0.15) is 49.8 Å². The van der Waals surface area contributed by atoms with E-state index in [1.165, 1.54) is 25.1 Å². The standard InChI is InChI=1S/C26H28Cl2F3N3O4S/c1-3-5-15-8-9-33(12-15)14-19-20(26(29,30)31)11-18-23(22(19)28)32-25(36)34(24(18)35)13-16-10-17(27)6-7-21(16)39(37,38)4-2/h6-7,10-11,15H,3-5,8-9,12-14H2,1-2H3,(H,32,36)/t15-/m0/s1. The van der Waals surface area contributed by atoms with Gasteiger partial charge in [0.05, 0.1) is 38.7 Å². The number of aromatic amines is 1. The average Bonchev–Trinajstić information content (AvgIpc) is 3.30. The minimum atomic E-state index is -4.81. The molecule has 39 heavy (non-hydrogen) atoms. The fourth-order valence-electron chi connectivity index (χ4n) is 5.17. The molecule has 0 radical (unpaired) electrons. The Labute approximate surface area is 233 Å². The van der Waals surface area contributed by atoms with Gasteiger partial charge < -0.3 is 4.98 Å². The third kappa shape index (κ3) is 6.06. The van der Waals surface area contributed by atoms with Gasteiger partial charge in [-0.05, 0) is 60.7 Å². The van der Waals surface area contributed by atoms with Crippen molar-refractivity contribution in [3.05, 3.63) is 71.8 Å². The third-order valence-corrected chi connectivity index (χ3v) is 9.62. The van der Waals surface area contributed by atoms with Gasteiger partial charge in [0.25, 0.3) is 5.56 Å². The number of nitrogens with one attached hydrogen (secondary N) is 1. The zero-order chi connectivity index (χ0) is 28.7. The predicted octanol–water partition coefficient (Wildman–Crippen LogP) is 5.48. The van der Waals surface area contributed by atoms with Crippen molar-refractivity contribution < 1.29 is 21.6 Å². The van der Waals surface area contributed by atoms with E-state index >= 15 is 0 Å². The highest BCUT2D eigenvalue weighted by Gasteiger charge is 2.37. The van der Waals surface area contributed by atoms with Crippen LogP contribution in [0.5, 0.6) is 0 Å². The minimum Gasteiger partial charge on any atom is -0.305 e. The third-order valence-electron chi connectivity index (χ3n) is 7.14. The summed E-state index contributed by atoms with van der Waals surface area (Å²) in [6, 6.07) is 4.65. The van der Waals surface area contributed by atoms with E-state index in [-0.39, 0.29) is 43.9 Å². The van der Waals surface area contributed by atoms with Gasteiger partial charge in [0.15, 0.2) is 9.84 Å². The molecule has 0 spiro atoms. The number of sulfone groups is 1. The minimum absolute atomic E-state index is 0.0609. The molecule has 0 aliphatic carbocycles. The van der Waals surface area contributed by atoms with Crippen molar-refractivity contribution >= 4 is 43.9 Å². The molecule has 1 atom stereocenters. The summed E-state index contributed by atoms with van der Waals surface area (Å²) >= 11 is 12.5. The Balaban J connectivity index is 1.85. The van der Waals surface area contributed by atoms with Gasteiger partial charge in [-0.25, -0.2) is 13.2 Å². The summed E-state index contributed by atoms with van der Waals surface area (Å²) in [6.45, 7) is 4.16. The highest BCUT2D eigenvalue weighted by Crippen LogP contribution is 2.39. The summed E-state index contributed by atoms with van der Waals surface area (Å²) in [6.07, 6.45) is -1.97. The second-order valence-electron chi connectivity index (χ2n) is 9.79. The van der Waals surface area contributed by atoms with E-state index in [0.29, 0.717) is 29.6 Å². The predicted molar refractivity (Wildman–Crippen MR) is 145 cm³/mol. The number of H-pyrrole nitrogens is 1. The molecular formula is C26H28Cl2F3N3O4S. The molecule has 0 saturated carbocycles. The van der Waals surface area contributed by atoms with Crippen molar-refractivity contribution in [3.63, 3.8) is 0 Å². The Morgan fingerprint density at radius 3 is 2.46 bits per heavy atom. The van der Waals surface area contributed by atoms with Crippen LogP contribution in [0.25, 0.3) is 10.9 Å². The number of halogens is 5. The molecule has 0 bridgehead atoms. The van der Waals surface area contributed by atoms with Gasteiger partial charge in [0.1, 0.15) is 0 Å². The Morgan fingerprint density at radius 2 is 1.82 bits per heavy atom. The van der Waals surface area contributed by atoms with Crippen molar-refractivity contribution in [1.29, 1.82) is 0 Å². The molecule has 0 amide bonds. The van der Waals surface area contributed by atoms with Crippen LogP contribution in [0.3, 0.4) is 0 Å².